The number of amides is 2. The van der Waals surface area contributed by atoms with Gasteiger partial charge in [-0.15, -0.1) is 10.2 Å². The molecule has 180 valence electrons. The normalized spacial score (nSPS) is 14.4. The number of aryl methyl sites for hydroxylation is 1. The number of hydrogen-bond donors (Lipinski definition) is 2. The van der Waals surface area contributed by atoms with Gasteiger partial charge in [-0.05, 0) is 43.5 Å². The molecule has 0 atom stereocenters. The fourth-order valence-electron chi connectivity index (χ4n) is 4.53. The summed E-state index contributed by atoms with van der Waals surface area (Å²) in [6.07, 6.45) is 3.51. The first-order valence-electron chi connectivity index (χ1n) is 11.8. The van der Waals surface area contributed by atoms with Crippen LogP contribution in [0.4, 0.5) is 0 Å². The Bertz CT molecular complexity index is 1370. The lowest BCUT2D eigenvalue weighted by Crippen LogP contribution is -2.46. The Hall–Kier alpha value is -3.59. The fourth-order valence-corrected chi connectivity index (χ4v) is 5.30. The second-order valence-electron chi connectivity index (χ2n) is 8.87. The van der Waals surface area contributed by atoms with E-state index >= 15 is 0 Å². The third-order valence-electron chi connectivity index (χ3n) is 6.36. The fraction of sp³-hybridized carbons (Fsp3) is 0.308. The average molecular weight is 489 g/mol. The molecule has 8 nitrogen and oxygen atoms in total. The van der Waals surface area contributed by atoms with Crippen molar-refractivity contribution in [1.82, 2.24) is 30.0 Å². The highest BCUT2D eigenvalue weighted by Gasteiger charge is 2.23. The SMILES string of the molecule is CC(=O)N1CCC(NC(=O)CSc2nnc(-c3c[nH]c4ccccc34)n2-c2cccc(C)c2)CC1. The van der Waals surface area contributed by atoms with Gasteiger partial charge in [-0.3, -0.25) is 14.2 Å². The summed E-state index contributed by atoms with van der Waals surface area (Å²) in [4.78, 5) is 29.4. The second-order valence-corrected chi connectivity index (χ2v) is 9.81. The molecule has 1 aliphatic heterocycles. The molecule has 1 aliphatic rings. The third kappa shape index (κ3) is 4.95. The largest absolute Gasteiger partial charge is 0.360 e. The van der Waals surface area contributed by atoms with E-state index in [0.717, 1.165) is 46.4 Å². The third-order valence-corrected chi connectivity index (χ3v) is 7.29. The Kier molecular flexibility index (Phi) is 6.59. The van der Waals surface area contributed by atoms with Crippen molar-refractivity contribution in [3.63, 3.8) is 0 Å². The molecule has 0 spiro atoms. The van der Waals surface area contributed by atoms with Crippen LogP contribution in [0.3, 0.4) is 0 Å². The summed E-state index contributed by atoms with van der Waals surface area (Å²) in [5.74, 6) is 1.02. The summed E-state index contributed by atoms with van der Waals surface area (Å²) < 4.78 is 2.02. The van der Waals surface area contributed by atoms with Crippen molar-refractivity contribution in [2.24, 2.45) is 0 Å². The first-order valence-corrected chi connectivity index (χ1v) is 12.7. The van der Waals surface area contributed by atoms with Crippen molar-refractivity contribution in [2.45, 2.75) is 37.9 Å². The van der Waals surface area contributed by atoms with Crippen LogP contribution in [0.5, 0.6) is 0 Å². The van der Waals surface area contributed by atoms with Crippen LogP contribution in [-0.4, -0.2) is 61.3 Å². The molecule has 5 rings (SSSR count). The van der Waals surface area contributed by atoms with Crippen molar-refractivity contribution in [1.29, 1.82) is 0 Å². The van der Waals surface area contributed by atoms with Gasteiger partial charge in [-0.1, -0.05) is 42.1 Å². The monoisotopic (exact) mass is 488 g/mol. The lowest BCUT2D eigenvalue weighted by Gasteiger charge is -2.31. The van der Waals surface area contributed by atoms with E-state index in [1.807, 2.05) is 46.0 Å². The van der Waals surface area contributed by atoms with Gasteiger partial charge in [0.1, 0.15) is 0 Å². The van der Waals surface area contributed by atoms with Gasteiger partial charge in [0, 0.05) is 54.4 Å². The molecule has 9 heteroatoms. The number of aromatic nitrogens is 4. The zero-order valence-corrected chi connectivity index (χ0v) is 20.6. The topological polar surface area (TPSA) is 95.9 Å². The van der Waals surface area contributed by atoms with Crippen LogP contribution >= 0.6 is 11.8 Å². The van der Waals surface area contributed by atoms with Gasteiger partial charge in [-0.2, -0.15) is 0 Å². The molecule has 35 heavy (non-hydrogen) atoms. The Balaban J connectivity index is 1.37. The van der Waals surface area contributed by atoms with Crippen LogP contribution in [0.1, 0.15) is 25.3 Å². The summed E-state index contributed by atoms with van der Waals surface area (Å²) >= 11 is 1.38. The Morgan fingerprint density at radius 1 is 1.11 bits per heavy atom. The highest BCUT2D eigenvalue weighted by molar-refractivity contribution is 7.99. The van der Waals surface area contributed by atoms with Crippen molar-refractivity contribution in [3.8, 4) is 17.1 Å². The van der Waals surface area contributed by atoms with E-state index < -0.39 is 0 Å². The Morgan fingerprint density at radius 3 is 2.69 bits per heavy atom. The number of benzene rings is 2. The molecule has 3 heterocycles. The van der Waals surface area contributed by atoms with Crippen LogP contribution in [-0.2, 0) is 9.59 Å². The van der Waals surface area contributed by atoms with Gasteiger partial charge >= 0.3 is 0 Å². The minimum absolute atomic E-state index is 0.0382. The molecular weight excluding hydrogens is 460 g/mol. The molecule has 0 unspecified atom stereocenters. The first-order chi connectivity index (χ1) is 17.0. The van der Waals surface area contributed by atoms with Gasteiger partial charge in [0.15, 0.2) is 11.0 Å². The smallest absolute Gasteiger partial charge is 0.230 e. The molecule has 2 amide bonds. The Labute approximate surface area is 208 Å². The van der Waals surface area contributed by atoms with E-state index in [9.17, 15) is 9.59 Å². The summed E-state index contributed by atoms with van der Waals surface area (Å²) in [7, 11) is 0. The maximum Gasteiger partial charge on any atom is 0.230 e. The van der Waals surface area contributed by atoms with Crippen LogP contribution < -0.4 is 5.32 Å². The van der Waals surface area contributed by atoms with Crippen LogP contribution in [0.25, 0.3) is 28.0 Å². The summed E-state index contributed by atoms with van der Waals surface area (Å²) in [5, 5.41) is 13.9. The summed E-state index contributed by atoms with van der Waals surface area (Å²) in [6.45, 7) is 5.01. The number of likely N-dealkylation sites (tertiary alicyclic amines) is 1. The number of thioether (sulfide) groups is 1. The molecule has 2 N–H and O–H groups in total. The number of para-hydroxylation sites is 1. The molecule has 0 aliphatic carbocycles. The number of nitrogens with zero attached hydrogens (tertiary/aromatic N) is 4. The predicted octanol–water partition coefficient (Wildman–Crippen LogP) is 3.94. The number of piperidine rings is 1. The van der Waals surface area contributed by atoms with Gasteiger partial charge in [0.2, 0.25) is 11.8 Å². The molecule has 2 aromatic carbocycles. The van der Waals surface area contributed by atoms with Gasteiger partial charge in [0.25, 0.3) is 0 Å². The first kappa shape index (κ1) is 23.2. The maximum absolute atomic E-state index is 12.7. The lowest BCUT2D eigenvalue weighted by molar-refractivity contribution is -0.130. The van der Waals surface area contributed by atoms with E-state index in [1.54, 1.807) is 6.92 Å². The minimum atomic E-state index is -0.0382. The number of rotatable bonds is 6. The predicted molar refractivity (Wildman–Crippen MR) is 138 cm³/mol. The molecule has 2 aromatic heterocycles. The van der Waals surface area contributed by atoms with E-state index in [1.165, 1.54) is 11.8 Å². The van der Waals surface area contributed by atoms with E-state index in [4.69, 9.17) is 0 Å². The van der Waals surface area contributed by atoms with Crippen molar-refractivity contribution < 1.29 is 9.59 Å². The second kappa shape index (κ2) is 9.95. The number of fused-ring (bicyclic) bond motifs is 1. The quantitative estimate of drug-likeness (QED) is 0.401. The number of carbonyl (C=O) groups is 2. The van der Waals surface area contributed by atoms with Crippen molar-refractivity contribution in [3.05, 3.63) is 60.3 Å². The standard InChI is InChI=1S/C26H28N6O2S/c1-17-6-5-7-20(14-17)32-25(22-15-27-23-9-4-3-8-21(22)23)29-30-26(32)35-16-24(34)28-19-10-12-31(13-11-19)18(2)33/h3-9,14-15,19,27H,10-13,16H2,1-2H3,(H,28,34). The van der Waals surface area contributed by atoms with E-state index in [2.05, 4.69) is 45.6 Å². The number of carbonyl (C=O) groups excluding carboxylic acids is 2. The Morgan fingerprint density at radius 2 is 1.91 bits per heavy atom. The van der Waals surface area contributed by atoms with Crippen LogP contribution in [0.15, 0.2) is 59.9 Å². The minimum Gasteiger partial charge on any atom is -0.360 e. The molecule has 4 aromatic rings. The maximum atomic E-state index is 12.7. The highest BCUT2D eigenvalue weighted by Crippen LogP contribution is 2.32. The molecule has 1 fully saturated rings. The number of nitrogens with one attached hydrogen (secondary N) is 2. The molecule has 0 radical (unpaired) electrons. The lowest BCUT2D eigenvalue weighted by atomic mass is 10.1. The summed E-state index contributed by atoms with van der Waals surface area (Å²) in [6, 6.07) is 16.4. The van der Waals surface area contributed by atoms with E-state index in [-0.39, 0.29) is 23.6 Å². The zero-order valence-electron chi connectivity index (χ0n) is 19.8. The molecule has 0 bridgehead atoms. The average Bonchev–Trinajstić information content (AvgIpc) is 3.47. The molecule has 1 saturated heterocycles. The highest BCUT2D eigenvalue weighted by atomic mass is 32.2. The number of hydrogen-bond acceptors (Lipinski definition) is 5. The van der Waals surface area contributed by atoms with Crippen molar-refractivity contribution in [2.75, 3.05) is 18.8 Å². The molecule has 0 saturated carbocycles. The summed E-state index contributed by atoms with van der Waals surface area (Å²) in [5.41, 5.74) is 4.08. The number of H-pyrrole nitrogens is 1. The van der Waals surface area contributed by atoms with Gasteiger partial charge in [0.05, 0.1) is 5.75 Å². The molecular formula is C26H28N6O2S. The van der Waals surface area contributed by atoms with Crippen LogP contribution in [0, 0.1) is 6.92 Å². The van der Waals surface area contributed by atoms with Gasteiger partial charge < -0.3 is 15.2 Å². The van der Waals surface area contributed by atoms with Crippen molar-refractivity contribution >= 4 is 34.5 Å². The van der Waals surface area contributed by atoms with Gasteiger partial charge in [-0.25, -0.2) is 0 Å². The number of aromatic amines is 1. The van der Waals surface area contributed by atoms with E-state index in [0.29, 0.717) is 18.2 Å². The van der Waals surface area contributed by atoms with Crippen LogP contribution in [0.2, 0.25) is 0 Å². The zero-order chi connectivity index (χ0) is 24.4.